The molecule has 0 bridgehead atoms. The van der Waals surface area contributed by atoms with Crippen molar-refractivity contribution in [3.05, 3.63) is 65.8 Å². The summed E-state index contributed by atoms with van der Waals surface area (Å²) in [6.45, 7) is 2.67. The molecule has 174 valence electrons. The van der Waals surface area contributed by atoms with Gasteiger partial charge in [0.2, 0.25) is 17.6 Å². The zero-order chi connectivity index (χ0) is 23.0. The summed E-state index contributed by atoms with van der Waals surface area (Å²) in [7, 11) is 1.67. The molecular formula is C25H29FN4O3. The zero-order valence-electron chi connectivity index (χ0n) is 18.8. The second-order valence-electron chi connectivity index (χ2n) is 8.30. The molecule has 2 heterocycles. The number of hydrogen-bond donors (Lipinski definition) is 1. The molecule has 0 aliphatic carbocycles. The van der Waals surface area contributed by atoms with Crippen molar-refractivity contribution in [1.82, 2.24) is 20.4 Å². The van der Waals surface area contributed by atoms with Gasteiger partial charge in [0.05, 0.1) is 19.6 Å². The van der Waals surface area contributed by atoms with Gasteiger partial charge in [0, 0.05) is 18.7 Å². The number of aryl methyl sites for hydroxylation is 1. The number of halogens is 1. The van der Waals surface area contributed by atoms with Gasteiger partial charge >= 0.3 is 0 Å². The van der Waals surface area contributed by atoms with Crippen LogP contribution in [0.2, 0.25) is 0 Å². The number of carbonyl (C=O) groups excluding carboxylic acids is 1. The van der Waals surface area contributed by atoms with Gasteiger partial charge < -0.3 is 14.6 Å². The fraction of sp³-hybridized carbons (Fsp3) is 0.400. The van der Waals surface area contributed by atoms with Gasteiger partial charge in [-0.15, -0.1) is 0 Å². The number of likely N-dealkylation sites (tertiary alicyclic amines) is 1. The van der Waals surface area contributed by atoms with E-state index in [-0.39, 0.29) is 17.6 Å². The molecule has 1 atom stereocenters. The van der Waals surface area contributed by atoms with E-state index in [1.54, 1.807) is 19.2 Å². The Hall–Kier alpha value is -3.26. The third kappa shape index (κ3) is 6.16. The van der Waals surface area contributed by atoms with Crippen LogP contribution in [0.25, 0.3) is 11.4 Å². The standard InChI is InChI=1S/C25H29FN4O3/c1-32-22-9-3-2-6-18(22)7-4-14-27-25(31)20-8-5-15-30(16-20)17-23-28-24(29-33-23)19-10-12-21(26)13-11-19/h2-3,6,9-13,20H,4-5,7-8,14-17H2,1H3,(H,27,31). The quantitative estimate of drug-likeness (QED) is 0.497. The molecular weight excluding hydrogens is 423 g/mol. The van der Waals surface area contributed by atoms with Gasteiger partial charge in [-0.1, -0.05) is 23.4 Å². The number of piperidine rings is 1. The highest BCUT2D eigenvalue weighted by molar-refractivity contribution is 5.78. The molecule has 1 saturated heterocycles. The van der Waals surface area contributed by atoms with Gasteiger partial charge in [0.25, 0.3) is 0 Å². The Kier molecular flexibility index (Phi) is 7.67. The van der Waals surface area contributed by atoms with E-state index in [1.165, 1.54) is 12.1 Å². The van der Waals surface area contributed by atoms with Gasteiger partial charge in [-0.3, -0.25) is 9.69 Å². The van der Waals surface area contributed by atoms with E-state index in [2.05, 4.69) is 26.4 Å². The second kappa shape index (κ2) is 11.0. The number of nitrogens with zero attached hydrogens (tertiary/aromatic N) is 3. The van der Waals surface area contributed by atoms with Crippen molar-refractivity contribution in [1.29, 1.82) is 0 Å². The Balaban J connectivity index is 1.23. The molecule has 1 fully saturated rings. The number of benzene rings is 2. The van der Waals surface area contributed by atoms with Crippen LogP contribution < -0.4 is 10.1 Å². The number of hydrogen-bond acceptors (Lipinski definition) is 6. The fourth-order valence-electron chi connectivity index (χ4n) is 4.18. The van der Waals surface area contributed by atoms with Crippen molar-refractivity contribution < 1.29 is 18.4 Å². The first-order valence-corrected chi connectivity index (χ1v) is 11.3. The lowest BCUT2D eigenvalue weighted by Crippen LogP contribution is -2.43. The first kappa shape index (κ1) is 22.9. The molecule has 1 aliphatic heterocycles. The maximum Gasteiger partial charge on any atom is 0.241 e. The van der Waals surface area contributed by atoms with Crippen LogP contribution in [0.5, 0.6) is 5.75 Å². The Bertz CT molecular complexity index is 1050. The van der Waals surface area contributed by atoms with Gasteiger partial charge in [0.15, 0.2) is 0 Å². The van der Waals surface area contributed by atoms with E-state index < -0.39 is 0 Å². The average molecular weight is 453 g/mol. The first-order chi connectivity index (χ1) is 16.1. The molecule has 3 aromatic rings. The summed E-state index contributed by atoms with van der Waals surface area (Å²) in [4.78, 5) is 19.3. The molecule has 0 radical (unpaired) electrons. The highest BCUT2D eigenvalue weighted by atomic mass is 19.1. The van der Waals surface area contributed by atoms with Crippen molar-refractivity contribution >= 4 is 5.91 Å². The number of ether oxygens (including phenoxy) is 1. The molecule has 0 saturated carbocycles. The third-order valence-corrected chi connectivity index (χ3v) is 5.92. The SMILES string of the molecule is COc1ccccc1CCCNC(=O)C1CCCN(Cc2nc(-c3ccc(F)cc3)no2)C1. The molecule has 1 unspecified atom stereocenters. The van der Waals surface area contributed by atoms with Gasteiger partial charge in [-0.2, -0.15) is 4.98 Å². The third-order valence-electron chi connectivity index (χ3n) is 5.92. The smallest absolute Gasteiger partial charge is 0.241 e. The molecule has 1 N–H and O–H groups in total. The summed E-state index contributed by atoms with van der Waals surface area (Å²) in [5.74, 6) is 1.55. The van der Waals surface area contributed by atoms with Crippen LogP contribution in [-0.2, 0) is 17.8 Å². The largest absolute Gasteiger partial charge is 0.496 e. The molecule has 8 heteroatoms. The zero-order valence-corrected chi connectivity index (χ0v) is 18.8. The minimum absolute atomic E-state index is 0.0514. The molecule has 33 heavy (non-hydrogen) atoms. The number of methoxy groups -OCH3 is 1. The van der Waals surface area contributed by atoms with Crippen LogP contribution in [-0.4, -0.2) is 47.7 Å². The number of rotatable bonds is 9. The van der Waals surface area contributed by atoms with Crippen LogP contribution in [0.4, 0.5) is 4.39 Å². The molecule has 7 nitrogen and oxygen atoms in total. The summed E-state index contributed by atoms with van der Waals surface area (Å²) in [6.07, 6.45) is 3.53. The van der Waals surface area contributed by atoms with Crippen LogP contribution in [0.1, 0.15) is 30.7 Å². The van der Waals surface area contributed by atoms with Crippen molar-refractivity contribution in [2.45, 2.75) is 32.2 Å². The Morgan fingerprint density at radius 1 is 1.24 bits per heavy atom. The highest BCUT2D eigenvalue weighted by Crippen LogP contribution is 2.21. The normalized spacial score (nSPS) is 16.5. The summed E-state index contributed by atoms with van der Waals surface area (Å²) < 4.78 is 23.9. The second-order valence-corrected chi connectivity index (χ2v) is 8.30. The van der Waals surface area contributed by atoms with Crippen molar-refractivity contribution in [2.75, 3.05) is 26.7 Å². The average Bonchev–Trinajstić information content (AvgIpc) is 3.31. The number of carbonyl (C=O) groups is 1. The van der Waals surface area contributed by atoms with E-state index in [0.29, 0.717) is 36.9 Å². The number of amides is 1. The molecule has 0 spiro atoms. The topological polar surface area (TPSA) is 80.5 Å². The summed E-state index contributed by atoms with van der Waals surface area (Å²) in [6, 6.07) is 14.0. The lowest BCUT2D eigenvalue weighted by molar-refractivity contribution is -0.126. The van der Waals surface area contributed by atoms with Gasteiger partial charge in [0.1, 0.15) is 11.6 Å². The predicted molar refractivity (Wildman–Crippen MR) is 122 cm³/mol. The summed E-state index contributed by atoms with van der Waals surface area (Å²) >= 11 is 0. The first-order valence-electron chi connectivity index (χ1n) is 11.3. The van der Waals surface area contributed by atoms with E-state index >= 15 is 0 Å². The van der Waals surface area contributed by atoms with Crippen LogP contribution in [0, 0.1) is 11.7 Å². The van der Waals surface area contributed by atoms with Crippen molar-refractivity contribution in [3.63, 3.8) is 0 Å². The van der Waals surface area contributed by atoms with E-state index in [4.69, 9.17) is 9.26 Å². The molecule has 1 aliphatic rings. The Labute approximate surface area is 192 Å². The molecule has 1 amide bonds. The van der Waals surface area contributed by atoms with Crippen LogP contribution >= 0.6 is 0 Å². The number of para-hydroxylation sites is 1. The number of nitrogens with one attached hydrogen (secondary N) is 1. The van der Waals surface area contributed by atoms with Gasteiger partial charge in [-0.05, 0) is 68.1 Å². The highest BCUT2D eigenvalue weighted by Gasteiger charge is 2.26. The lowest BCUT2D eigenvalue weighted by Gasteiger charge is -2.30. The van der Waals surface area contributed by atoms with E-state index in [9.17, 15) is 9.18 Å². The van der Waals surface area contributed by atoms with Crippen molar-refractivity contribution in [3.8, 4) is 17.1 Å². The minimum atomic E-state index is -0.306. The Morgan fingerprint density at radius 3 is 2.88 bits per heavy atom. The maximum absolute atomic E-state index is 13.1. The van der Waals surface area contributed by atoms with E-state index in [1.807, 2.05) is 18.2 Å². The Morgan fingerprint density at radius 2 is 2.06 bits per heavy atom. The molecule has 1 aromatic heterocycles. The van der Waals surface area contributed by atoms with Gasteiger partial charge in [-0.25, -0.2) is 4.39 Å². The summed E-state index contributed by atoms with van der Waals surface area (Å²) in [5.41, 5.74) is 1.85. The van der Waals surface area contributed by atoms with Crippen LogP contribution in [0.3, 0.4) is 0 Å². The monoisotopic (exact) mass is 452 g/mol. The van der Waals surface area contributed by atoms with Crippen LogP contribution in [0.15, 0.2) is 53.1 Å². The molecule has 4 rings (SSSR count). The van der Waals surface area contributed by atoms with E-state index in [0.717, 1.165) is 43.5 Å². The maximum atomic E-state index is 13.1. The minimum Gasteiger partial charge on any atom is -0.496 e. The fourth-order valence-corrected chi connectivity index (χ4v) is 4.18. The van der Waals surface area contributed by atoms with Crippen molar-refractivity contribution in [2.24, 2.45) is 5.92 Å². The lowest BCUT2D eigenvalue weighted by atomic mass is 9.97. The predicted octanol–water partition coefficient (Wildman–Crippen LogP) is 3.85. The number of aromatic nitrogens is 2. The summed E-state index contributed by atoms with van der Waals surface area (Å²) in [5, 5.41) is 7.09. The molecule has 2 aromatic carbocycles.